The normalized spacial score (nSPS) is 19.5. The van der Waals surface area contributed by atoms with Crippen molar-refractivity contribution in [2.24, 2.45) is 0 Å². The van der Waals surface area contributed by atoms with E-state index in [-0.39, 0.29) is 12.0 Å². The number of amides is 1. The van der Waals surface area contributed by atoms with Crippen LogP contribution in [0.5, 0.6) is 23.0 Å². The van der Waals surface area contributed by atoms with Crippen LogP contribution < -0.4 is 24.3 Å². The van der Waals surface area contributed by atoms with Crippen molar-refractivity contribution in [2.45, 2.75) is 39.5 Å². The molecular formula is C26H33N3O5. The third kappa shape index (κ3) is 5.23. The second-order valence-electron chi connectivity index (χ2n) is 9.15. The summed E-state index contributed by atoms with van der Waals surface area (Å²) in [5, 5.41) is 3.07. The summed E-state index contributed by atoms with van der Waals surface area (Å²) < 4.78 is 22.6. The quantitative estimate of drug-likeness (QED) is 0.640. The van der Waals surface area contributed by atoms with Crippen LogP contribution >= 0.6 is 0 Å². The van der Waals surface area contributed by atoms with E-state index in [9.17, 15) is 4.79 Å². The summed E-state index contributed by atoms with van der Waals surface area (Å²) in [5.41, 5.74) is 3.34. The average molecular weight is 468 g/mol. The van der Waals surface area contributed by atoms with Crippen molar-refractivity contribution in [1.29, 1.82) is 0 Å². The maximum absolute atomic E-state index is 12.7. The number of carbonyl (C=O) groups excluding carboxylic acids is 1. The molecule has 0 aliphatic carbocycles. The number of benzene rings is 2. The molecule has 1 amide bonds. The predicted octanol–water partition coefficient (Wildman–Crippen LogP) is 2.57. The van der Waals surface area contributed by atoms with Crippen LogP contribution in [0.3, 0.4) is 0 Å². The van der Waals surface area contributed by atoms with E-state index in [1.54, 1.807) is 0 Å². The van der Waals surface area contributed by atoms with E-state index in [0.717, 1.165) is 67.7 Å². The van der Waals surface area contributed by atoms with Crippen LogP contribution in [0.4, 0.5) is 0 Å². The molecule has 3 aliphatic rings. The van der Waals surface area contributed by atoms with E-state index in [1.807, 2.05) is 19.1 Å². The summed E-state index contributed by atoms with van der Waals surface area (Å²) in [5.74, 6) is 3.40. The van der Waals surface area contributed by atoms with Crippen LogP contribution in [0.2, 0.25) is 0 Å². The number of fused-ring (bicyclic) bond motifs is 2. The molecule has 0 radical (unpaired) electrons. The van der Waals surface area contributed by atoms with Crippen LogP contribution in [-0.2, 0) is 24.3 Å². The Morgan fingerprint density at radius 1 is 1.06 bits per heavy atom. The molecule has 8 heteroatoms. The molecule has 0 unspecified atom stereocenters. The smallest absolute Gasteiger partial charge is 0.234 e. The van der Waals surface area contributed by atoms with Crippen molar-refractivity contribution in [3.8, 4) is 23.0 Å². The van der Waals surface area contributed by atoms with Gasteiger partial charge in [-0.05, 0) is 43.7 Å². The number of nitrogens with one attached hydrogen (secondary N) is 1. The molecule has 0 bridgehead atoms. The van der Waals surface area contributed by atoms with Crippen molar-refractivity contribution >= 4 is 5.91 Å². The monoisotopic (exact) mass is 467 g/mol. The third-order valence-corrected chi connectivity index (χ3v) is 6.53. The number of rotatable bonds is 8. The first-order valence-corrected chi connectivity index (χ1v) is 12.1. The van der Waals surface area contributed by atoms with Crippen LogP contribution in [0.15, 0.2) is 30.3 Å². The second-order valence-corrected chi connectivity index (χ2v) is 9.15. The minimum absolute atomic E-state index is 0.0291. The van der Waals surface area contributed by atoms with E-state index >= 15 is 0 Å². The Labute approximate surface area is 200 Å². The molecule has 1 N–H and O–H groups in total. The van der Waals surface area contributed by atoms with E-state index in [2.05, 4.69) is 40.2 Å². The molecule has 1 saturated heterocycles. The Balaban J connectivity index is 1.09. The lowest BCUT2D eigenvalue weighted by Gasteiger charge is -2.34. The van der Waals surface area contributed by atoms with Gasteiger partial charge in [0.05, 0.1) is 13.2 Å². The molecule has 34 heavy (non-hydrogen) atoms. The van der Waals surface area contributed by atoms with Gasteiger partial charge in [0.2, 0.25) is 12.7 Å². The number of hydrogen-bond donors (Lipinski definition) is 1. The number of nitrogens with zero attached hydrogens (tertiary/aromatic N) is 2. The van der Waals surface area contributed by atoms with Gasteiger partial charge < -0.3 is 24.3 Å². The Morgan fingerprint density at radius 3 is 2.68 bits per heavy atom. The second kappa shape index (κ2) is 10.1. The van der Waals surface area contributed by atoms with Crippen LogP contribution in [-0.4, -0.2) is 67.9 Å². The Hall–Kier alpha value is -2.97. The molecule has 2 aromatic carbocycles. The van der Waals surface area contributed by atoms with E-state index in [4.69, 9.17) is 18.9 Å². The summed E-state index contributed by atoms with van der Waals surface area (Å²) in [7, 11) is 0. The molecular weight excluding hydrogens is 434 g/mol. The van der Waals surface area contributed by atoms with E-state index in [1.165, 1.54) is 11.1 Å². The lowest BCUT2D eigenvalue weighted by Crippen LogP contribution is -2.49. The van der Waals surface area contributed by atoms with Crippen molar-refractivity contribution in [3.63, 3.8) is 0 Å². The molecule has 0 saturated carbocycles. The number of piperazine rings is 1. The minimum atomic E-state index is 0.0291. The highest BCUT2D eigenvalue weighted by Crippen LogP contribution is 2.35. The highest BCUT2D eigenvalue weighted by atomic mass is 16.7. The molecule has 2 aromatic rings. The van der Waals surface area contributed by atoms with Crippen LogP contribution in [0, 0.1) is 0 Å². The zero-order valence-electron chi connectivity index (χ0n) is 20.0. The van der Waals surface area contributed by atoms with E-state index in [0.29, 0.717) is 26.5 Å². The first-order chi connectivity index (χ1) is 16.6. The fraction of sp³-hybridized carbons (Fsp3) is 0.500. The molecule has 0 aromatic heterocycles. The first-order valence-electron chi connectivity index (χ1n) is 12.1. The van der Waals surface area contributed by atoms with Gasteiger partial charge in [0.25, 0.3) is 0 Å². The number of carbonyl (C=O) groups is 1. The Bertz CT molecular complexity index is 1040. The summed E-state index contributed by atoms with van der Waals surface area (Å²) in [6.07, 6.45) is 1.07. The summed E-state index contributed by atoms with van der Waals surface area (Å²) in [6.45, 7) is 10.2. The Kier molecular flexibility index (Phi) is 6.78. The molecule has 1 fully saturated rings. The molecule has 5 rings (SSSR count). The minimum Gasteiger partial charge on any atom is -0.494 e. The summed E-state index contributed by atoms with van der Waals surface area (Å²) >= 11 is 0. The topological polar surface area (TPSA) is 72.5 Å². The molecule has 0 spiro atoms. The fourth-order valence-electron chi connectivity index (χ4n) is 4.77. The van der Waals surface area contributed by atoms with Gasteiger partial charge in [-0.1, -0.05) is 6.07 Å². The maximum Gasteiger partial charge on any atom is 0.234 e. The van der Waals surface area contributed by atoms with Gasteiger partial charge >= 0.3 is 0 Å². The fourth-order valence-corrected chi connectivity index (χ4v) is 4.77. The molecule has 3 heterocycles. The summed E-state index contributed by atoms with van der Waals surface area (Å²) in [6, 6.07) is 10.2. The zero-order chi connectivity index (χ0) is 23.5. The third-order valence-electron chi connectivity index (χ3n) is 6.53. The summed E-state index contributed by atoms with van der Waals surface area (Å²) in [4.78, 5) is 17.3. The SMILES string of the molecule is CCOc1cc2c(cc1CNC(=O)CN1CCN(Cc3ccc4c(c3)OCO4)CC1)O[C@@H](C)C2. The van der Waals surface area contributed by atoms with Gasteiger partial charge in [0.15, 0.2) is 11.5 Å². The van der Waals surface area contributed by atoms with Gasteiger partial charge in [-0.3, -0.25) is 14.6 Å². The van der Waals surface area contributed by atoms with Crippen molar-refractivity contribution in [2.75, 3.05) is 46.1 Å². The standard InChI is InChI=1S/C26H33N3O5/c1-3-31-23-12-20-10-18(2)34-24(20)13-21(23)14-27-26(30)16-29-8-6-28(7-9-29)15-19-4-5-22-25(11-19)33-17-32-22/h4-5,11-13,18H,3,6-10,14-17H2,1-2H3,(H,27,30)/t18-/m0/s1. The van der Waals surface area contributed by atoms with Crippen molar-refractivity contribution in [3.05, 3.63) is 47.0 Å². The Morgan fingerprint density at radius 2 is 1.85 bits per heavy atom. The zero-order valence-corrected chi connectivity index (χ0v) is 20.0. The van der Waals surface area contributed by atoms with Crippen LogP contribution in [0.1, 0.15) is 30.5 Å². The largest absolute Gasteiger partial charge is 0.494 e. The highest BCUT2D eigenvalue weighted by molar-refractivity contribution is 5.78. The van der Waals surface area contributed by atoms with Gasteiger partial charge in [-0.25, -0.2) is 0 Å². The molecule has 1 atom stereocenters. The van der Waals surface area contributed by atoms with E-state index < -0.39 is 0 Å². The van der Waals surface area contributed by atoms with Gasteiger partial charge in [0.1, 0.15) is 17.6 Å². The number of ether oxygens (including phenoxy) is 4. The van der Waals surface area contributed by atoms with Gasteiger partial charge in [-0.2, -0.15) is 0 Å². The van der Waals surface area contributed by atoms with Crippen LogP contribution in [0.25, 0.3) is 0 Å². The average Bonchev–Trinajstić information content (AvgIpc) is 3.43. The van der Waals surface area contributed by atoms with Crippen molar-refractivity contribution in [1.82, 2.24) is 15.1 Å². The molecule has 3 aliphatic heterocycles. The molecule has 182 valence electrons. The highest BCUT2D eigenvalue weighted by Gasteiger charge is 2.23. The molecule has 8 nitrogen and oxygen atoms in total. The lowest BCUT2D eigenvalue weighted by molar-refractivity contribution is -0.122. The number of hydrogen-bond acceptors (Lipinski definition) is 7. The maximum atomic E-state index is 12.7. The van der Waals surface area contributed by atoms with Gasteiger partial charge in [0, 0.05) is 56.8 Å². The van der Waals surface area contributed by atoms with Crippen molar-refractivity contribution < 1.29 is 23.7 Å². The first kappa shape index (κ1) is 22.8. The van der Waals surface area contributed by atoms with Gasteiger partial charge in [-0.15, -0.1) is 0 Å². The predicted molar refractivity (Wildman–Crippen MR) is 128 cm³/mol. The lowest BCUT2D eigenvalue weighted by atomic mass is 10.1.